The molecule has 4 nitrogen and oxygen atoms in total. The van der Waals surface area contributed by atoms with Gasteiger partial charge < -0.3 is 9.67 Å². The minimum atomic E-state index is -0.0695. The molecular formula is C44H43N3O. The van der Waals surface area contributed by atoms with Crippen molar-refractivity contribution in [2.45, 2.75) is 59.3 Å². The standard InChI is InChI=1S/C44H43N3O/c1-27-19-31(21-32(20-27)36-26-34(44(5,6)7)22-29-15-12-18-45-40(29)36)35-23-30(28-13-10-9-11-14-28)24-38-41(35)46-42(47(38)8)37-25-33(43(2,3)4)16-17-39(37)48/h9-26,48H,1-8H3. The van der Waals surface area contributed by atoms with Crippen molar-refractivity contribution in [3.05, 3.63) is 126 Å². The second-order valence-corrected chi connectivity index (χ2v) is 15.2. The van der Waals surface area contributed by atoms with Crippen LogP contribution in [0.4, 0.5) is 0 Å². The molecule has 0 aliphatic carbocycles. The molecule has 4 heteroatoms. The first kappa shape index (κ1) is 31.4. The molecule has 2 heterocycles. The van der Waals surface area contributed by atoms with E-state index in [4.69, 9.17) is 9.97 Å². The molecule has 0 spiro atoms. The van der Waals surface area contributed by atoms with Crippen LogP contribution < -0.4 is 0 Å². The van der Waals surface area contributed by atoms with Crippen molar-refractivity contribution < 1.29 is 5.11 Å². The first-order valence-corrected chi connectivity index (χ1v) is 16.7. The molecule has 7 rings (SSSR count). The molecule has 0 saturated heterocycles. The van der Waals surface area contributed by atoms with Crippen LogP contribution in [0.15, 0.2) is 109 Å². The number of hydrogen-bond donors (Lipinski definition) is 1. The minimum absolute atomic E-state index is 0.0121. The predicted octanol–water partition coefficient (Wildman–Crippen LogP) is 11.4. The Kier molecular flexibility index (Phi) is 7.51. The Morgan fingerprint density at radius 3 is 1.94 bits per heavy atom. The number of pyridine rings is 1. The van der Waals surface area contributed by atoms with Gasteiger partial charge in [-0.15, -0.1) is 0 Å². The first-order chi connectivity index (χ1) is 22.8. The molecule has 0 unspecified atom stereocenters. The number of imidazole rings is 1. The minimum Gasteiger partial charge on any atom is -0.507 e. The molecule has 0 fully saturated rings. The first-order valence-electron chi connectivity index (χ1n) is 16.7. The smallest absolute Gasteiger partial charge is 0.144 e. The number of fused-ring (bicyclic) bond motifs is 2. The zero-order valence-electron chi connectivity index (χ0n) is 29.2. The average molecular weight is 630 g/mol. The lowest BCUT2D eigenvalue weighted by Gasteiger charge is -2.21. The summed E-state index contributed by atoms with van der Waals surface area (Å²) in [5.41, 5.74) is 13.8. The van der Waals surface area contributed by atoms with Crippen LogP contribution in [0.3, 0.4) is 0 Å². The van der Waals surface area contributed by atoms with Crippen LogP contribution in [0.5, 0.6) is 5.75 Å². The van der Waals surface area contributed by atoms with Gasteiger partial charge in [-0.1, -0.05) is 96.1 Å². The van der Waals surface area contributed by atoms with Gasteiger partial charge in [0.1, 0.15) is 11.6 Å². The Balaban J connectivity index is 1.51. The van der Waals surface area contributed by atoms with Crippen LogP contribution >= 0.6 is 0 Å². The Bertz CT molecular complexity index is 2330. The lowest BCUT2D eigenvalue weighted by atomic mass is 9.83. The summed E-state index contributed by atoms with van der Waals surface area (Å²) in [5.74, 6) is 0.961. The van der Waals surface area contributed by atoms with Crippen molar-refractivity contribution >= 4 is 21.9 Å². The van der Waals surface area contributed by atoms with Gasteiger partial charge in [0.2, 0.25) is 0 Å². The average Bonchev–Trinajstić information content (AvgIpc) is 3.38. The monoisotopic (exact) mass is 629 g/mol. The molecule has 5 aromatic carbocycles. The maximum Gasteiger partial charge on any atom is 0.144 e. The normalized spacial score (nSPS) is 12.2. The summed E-state index contributed by atoms with van der Waals surface area (Å²) < 4.78 is 2.12. The summed E-state index contributed by atoms with van der Waals surface area (Å²) >= 11 is 0. The van der Waals surface area contributed by atoms with E-state index in [0.717, 1.165) is 77.8 Å². The fourth-order valence-electron chi connectivity index (χ4n) is 6.67. The van der Waals surface area contributed by atoms with E-state index in [2.05, 4.69) is 132 Å². The molecule has 0 aliphatic rings. The van der Waals surface area contributed by atoms with Gasteiger partial charge >= 0.3 is 0 Å². The summed E-state index contributed by atoms with van der Waals surface area (Å²) in [6, 6.07) is 36.4. The van der Waals surface area contributed by atoms with Gasteiger partial charge in [0.25, 0.3) is 0 Å². The van der Waals surface area contributed by atoms with Crippen LogP contribution in [0, 0.1) is 6.92 Å². The second kappa shape index (κ2) is 11.5. The zero-order chi connectivity index (χ0) is 34.0. The topological polar surface area (TPSA) is 50.9 Å². The number of rotatable bonds is 4. The Hall–Kier alpha value is -5.22. The highest BCUT2D eigenvalue weighted by molar-refractivity contribution is 6.00. The van der Waals surface area contributed by atoms with Crippen molar-refractivity contribution in [2.24, 2.45) is 7.05 Å². The largest absolute Gasteiger partial charge is 0.507 e. The number of phenolic OH excluding ortho intramolecular Hbond substituents is 1. The van der Waals surface area contributed by atoms with Crippen molar-refractivity contribution in [1.82, 2.24) is 14.5 Å². The van der Waals surface area contributed by atoms with Crippen molar-refractivity contribution in [1.29, 1.82) is 0 Å². The molecule has 1 N–H and O–H groups in total. The van der Waals surface area contributed by atoms with Crippen LogP contribution in [-0.4, -0.2) is 19.6 Å². The molecule has 7 aromatic rings. The van der Waals surface area contributed by atoms with Crippen molar-refractivity contribution in [2.75, 3.05) is 0 Å². The molecule has 0 bridgehead atoms. The van der Waals surface area contributed by atoms with E-state index < -0.39 is 0 Å². The summed E-state index contributed by atoms with van der Waals surface area (Å²) in [4.78, 5) is 10.2. The fourth-order valence-corrected chi connectivity index (χ4v) is 6.67. The summed E-state index contributed by atoms with van der Waals surface area (Å²) in [6.45, 7) is 15.5. The van der Waals surface area contributed by atoms with E-state index in [1.54, 1.807) is 6.07 Å². The van der Waals surface area contributed by atoms with Gasteiger partial charge in [-0.2, -0.15) is 0 Å². The van der Waals surface area contributed by atoms with Gasteiger partial charge in [0, 0.05) is 29.8 Å². The quantitative estimate of drug-likeness (QED) is 0.211. The number of aryl methyl sites for hydroxylation is 2. The number of aromatic hydroxyl groups is 1. The molecule has 0 amide bonds. The Morgan fingerprint density at radius 2 is 1.25 bits per heavy atom. The van der Waals surface area contributed by atoms with E-state index in [0.29, 0.717) is 0 Å². The summed E-state index contributed by atoms with van der Waals surface area (Å²) in [7, 11) is 2.05. The third kappa shape index (κ3) is 5.66. The highest BCUT2D eigenvalue weighted by Gasteiger charge is 2.23. The maximum absolute atomic E-state index is 11.1. The van der Waals surface area contributed by atoms with Gasteiger partial charge in [-0.25, -0.2) is 4.98 Å². The SMILES string of the molecule is Cc1cc(-c2cc(C(C)(C)C)cc3cccnc23)cc(-c2cc(-c3ccccc3)cc3c2nc(-c2cc(C(C)(C)C)ccc2O)n3C)c1. The highest BCUT2D eigenvalue weighted by Crippen LogP contribution is 2.41. The number of nitrogens with zero attached hydrogens (tertiary/aromatic N) is 3. The van der Waals surface area contributed by atoms with E-state index >= 15 is 0 Å². The number of aromatic nitrogens is 3. The van der Waals surface area contributed by atoms with Crippen LogP contribution in [0.25, 0.3) is 66.7 Å². The van der Waals surface area contributed by atoms with Crippen molar-refractivity contribution in [3.63, 3.8) is 0 Å². The van der Waals surface area contributed by atoms with E-state index in [1.165, 1.54) is 5.56 Å². The van der Waals surface area contributed by atoms with Gasteiger partial charge in [-0.3, -0.25) is 4.98 Å². The molecule has 0 aliphatic heterocycles. The second-order valence-electron chi connectivity index (χ2n) is 15.2. The molecular weight excluding hydrogens is 587 g/mol. The fraction of sp³-hybridized carbons (Fsp3) is 0.227. The molecule has 0 radical (unpaired) electrons. The molecule has 2 aromatic heterocycles. The van der Waals surface area contributed by atoms with Crippen LogP contribution in [0.1, 0.15) is 58.2 Å². The van der Waals surface area contributed by atoms with Crippen molar-refractivity contribution in [3.8, 4) is 50.5 Å². The third-order valence-corrected chi connectivity index (χ3v) is 9.47. The van der Waals surface area contributed by atoms with Crippen LogP contribution in [-0.2, 0) is 17.9 Å². The Morgan fingerprint density at radius 1 is 0.583 bits per heavy atom. The number of hydrogen-bond acceptors (Lipinski definition) is 3. The summed E-state index contributed by atoms with van der Waals surface area (Å²) in [5, 5.41) is 12.3. The zero-order valence-corrected chi connectivity index (χ0v) is 29.2. The maximum atomic E-state index is 11.1. The molecule has 48 heavy (non-hydrogen) atoms. The molecule has 0 saturated carbocycles. The highest BCUT2D eigenvalue weighted by atomic mass is 16.3. The van der Waals surface area contributed by atoms with E-state index in [1.807, 2.05) is 31.4 Å². The van der Waals surface area contributed by atoms with E-state index in [9.17, 15) is 5.11 Å². The third-order valence-electron chi connectivity index (χ3n) is 9.47. The number of phenols is 1. The van der Waals surface area contributed by atoms with Gasteiger partial charge in [0.05, 0.1) is 22.1 Å². The molecule has 0 atom stereocenters. The number of benzene rings is 5. The summed E-state index contributed by atoms with van der Waals surface area (Å²) in [6.07, 6.45) is 1.88. The Labute approximate surface area is 283 Å². The van der Waals surface area contributed by atoms with Gasteiger partial charge in [0.15, 0.2) is 0 Å². The lowest BCUT2D eigenvalue weighted by Crippen LogP contribution is -2.11. The molecule has 240 valence electrons. The van der Waals surface area contributed by atoms with E-state index in [-0.39, 0.29) is 16.6 Å². The predicted molar refractivity (Wildman–Crippen MR) is 202 cm³/mol. The lowest BCUT2D eigenvalue weighted by molar-refractivity contribution is 0.475. The van der Waals surface area contributed by atoms with Crippen LogP contribution in [0.2, 0.25) is 0 Å². The van der Waals surface area contributed by atoms with Gasteiger partial charge in [-0.05, 0) is 105 Å².